The molecule has 90 valence electrons. The van der Waals surface area contributed by atoms with Crippen molar-refractivity contribution in [2.24, 2.45) is 5.92 Å². The van der Waals surface area contributed by atoms with Crippen LogP contribution in [0.15, 0.2) is 0 Å². The van der Waals surface area contributed by atoms with Crippen molar-refractivity contribution < 1.29 is 4.79 Å². The van der Waals surface area contributed by atoms with Gasteiger partial charge in [-0.1, -0.05) is 13.8 Å². The second-order valence-electron chi connectivity index (χ2n) is 4.89. The third kappa shape index (κ3) is 8.43. The summed E-state index contributed by atoms with van der Waals surface area (Å²) in [5.74, 6) is 0.857. The highest BCUT2D eigenvalue weighted by molar-refractivity contribution is 5.77. The third-order valence-corrected chi connectivity index (χ3v) is 2.55. The van der Waals surface area contributed by atoms with Crippen LogP contribution in [0.2, 0.25) is 0 Å². The van der Waals surface area contributed by atoms with Gasteiger partial charge in [-0.15, -0.1) is 0 Å². The predicted octanol–water partition coefficient (Wildman–Crippen LogP) is 1.88. The van der Waals surface area contributed by atoms with Crippen LogP contribution < -0.4 is 5.32 Å². The van der Waals surface area contributed by atoms with Gasteiger partial charge in [-0.3, -0.25) is 9.69 Å². The predicted molar refractivity (Wildman–Crippen MR) is 64.8 cm³/mol. The summed E-state index contributed by atoms with van der Waals surface area (Å²) in [6.45, 7) is 9.89. The number of hydrogen-bond donors (Lipinski definition) is 1. The number of carbonyl (C=O) groups is 1. The number of rotatable bonds is 7. The standard InChI is InChI=1S/C12H26N2O/c1-10(2)7-6-8-13-12(15)9-14(5)11(3)4/h10-11H,6-9H2,1-5H3,(H,13,15). The SMILES string of the molecule is CC(C)CCCNC(=O)CN(C)C(C)C. The van der Waals surface area contributed by atoms with Crippen LogP contribution >= 0.6 is 0 Å². The Bertz CT molecular complexity index is 178. The maximum Gasteiger partial charge on any atom is 0.234 e. The summed E-state index contributed by atoms with van der Waals surface area (Å²) in [5.41, 5.74) is 0. The molecule has 0 aliphatic carbocycles. The lowest BCUT2D eigenvalue weighted by molar-refractivity contribution is -0.122. The molecule has 15 heavy (non-hydrogen) atoms. The van der Waals surface area contributed by atoms with Gasteiger partial charge in [-0.2, -0.15) is 0 Å². The molecule has 0 aromatic carbocycles. The maximum absolute atomic E-state index is 11.4. The lowest BCUT2D eigenvalue weighted by Gasteiger charge is -2.20. The molecule has 0 aromatic heterocycles. The maximum atomic E-state index is 11.4. The van der Waals surface area contributed by atoms with E-state index in [1.54, 1.807) is 0 Å². The van der Waals surface area contributed by atoms with E-state index in [0.717, 1.165) is 18.9 Å². The Morgan fingerprint density at radius 1 is 1.27 bits per heavy atom. The molecular formula is C12H26N2O. The zero-order valence-corrected chi connectivity index (χ0v) is 10.8. The molecule has 0 spiro atoms. The number of carbonyl (C=O) groups excluding carboxylic acids is 1. The molecule has 0 aromatic rings. The molecule has 0 fully saturated rings. The van der Waals surface area contributed by atoms with Crippen LogP contribution in [-0.4, -0.2) is 37.0 Å². The first-order chi connectivity index (χ1) is 6.93. The van der Waals surface area contributed by atoms with E-state index in [2.05, 4.69) is 33.0 Å². The minimum Gasteiger partial charge on any atom is -0.355 e. The molecule has 0 heterocycles. The highest BCUT2D eigenvalue weighted by Gasteiger charge is 2.08. The molecule has 3 heteroatoms. The first-order valence-electron chi connectivity index (χ1n) is 5.90. The molecule has 0 saturated carbocycles. The quantitative estimate of drug-likeness (QED) is 0.656. The molecular weight excluding hydrogens is 188 g/mol. The van der Waals surface area contributed by atoms with Crippen molar-refractivity contribution in [3.8, 4) is 0 Å². The molecule has 0 aliphatic rings. The minimum atomic E-state index is 0.134. The Labute approximate surface area is 94.2 Å². The van der Waals surface area contributed by atoms with E-state index in [1.807, 2.05) is 11.9 Å². The van der Waals surface area contributed by atoms with Crippen molar-refractivity contribution in [1.82, 2.24) is 10.2 Å². The Balaban J connectivity index is 3.49. The van der Waals surface area contributed by atoms with Crippen LogP contribution in [0.25, 0.3) is 0 Å². The van der Waals surface area contributed by atoms with E-state index < -0.39 is 0 Å². The van der Waals surface area contributed by atoms with E-state index in [4.69, 9.17) is 0 Å². The number of amides is 1. The van der Waals surface area contributed by atoms with Crippen molar-refractivity contribution in [2.45, 2.75) is 46.6 Å². The summed E-state index contributed by atoms with van der Waals surface area (Å²) in [4.78, 5) is 13.5. The number of nitrogens with zero attached hydrogens (tertiary/aromatic N) is 1. The summed E-state index contributed by atoms with van der Waals surface area (Å²) in [5, 5.41) is 2.94. The highest BCUT2D eigenvalue weighted by Crippen LogP contribution is 2.01. The summed E-state index contributed by atoms with van der Waals surface area (Å²) in [6, 6.07) is 0.423. The number of hydrogen-bond acceptors (Lipinski definition) is 2. The van der Waals surface area contributed by atoms with Gasteiger partial charge in [0.1, 0.15) is 0 Å². The van der Waals surface area contributed by atoms with Crippen LogP contribution in [0.3, 0.4) is 0 Å². The zero-order valence-electron chi connectivity index (χ0n) is 10.8. The molecule has 0 saturated heterocycles. The second-order valence-corrected chi connectivity index (χ2v) is 4.89. The van der Waals surface area contributed by atoms with Crippen LogP contribution in [-0.2, 0) is 4.79 Å². The molecule has 0 bridgehead atoms. The molecule has 0 unspecified atom stereocenters. The largest absolute Gasteiger partial charge is 0.355 e. The van der Waals surface area contributed by atoms with Crippen LogP contribution in [0.4, 0.5) is 0 Å². The van der Waals surface area contributed by atoms with Gasteiger partial charge < -0.3 is 5.32 Å². The number of nitrogens with one attached hydrogen (secondary N) is 1. The van der Waals surface area contributed by atoms with Gasteiger partial charge in [0.2, 0.25) is 5.91 Å². The summed E-state index contributed by atoms with van der Waals surface area (Å²) in [6.07, 6.45) is 2.26. The second kappa shape index (κ2) is 7.69. The van der Waals surface area contributed by atoms with E-state index in [1.165, 1.54) is 6.42 Å². The normalized spacial score (nSPS) is 11.5. The van der Waals surface area contributed by atoms with Crippen molar-refractivity contribution in [3.63, 3.8) is 0 Å². The van der Waals surface area contributed by atoms with Gasteiger partial charge in [0, 0.05) is 12.6 Å². The molecule has 1 amide bonds. The van der Waals surface area contributed by atoms with Gasteiger partial charge >= 0.3 is 0 Å². The molecule has 3 nitrogen and oxygen atoms in total. The lowest BCUT2D eigenvalue weighted by atomic mass is 10.1. The summed E-state index contributed by atoms with van der Waals surface area (Å²) in [7, 11) is 1.97. The Kier molecular flexibility index (Phi) is 7.39. The van der Waals surface area contributed by atoms with Crippen molar-refractivity contribution in [3.05, 3.63) is 0 Å². The summed E-state index contributed by atoms with van der Waals surface area (Å²) >= 11 is 0. The third-order valence-electron chi connectivity index (χ3n) is 2.55. The topological polar surface area (TPSA) is 32.3 Å². The van der Waals surface area contributed by atoms with Crippen LogP contribution in [0.5, 0.6) is 0 Å². The molecule has 0 radical (unpaired) electrons. The Hall–Kier alpha value is -0.570. The van der Waals surface area contributed by atoms with E-state index in [-0.39, 0.29) is 5.91 Å². The van der Waals surface area contributed by atoms with E-state index >= 15 is 0 Å². The van der Waals surface area contributed by atoms with Crippen LogP contribution in [0, 0.1) is 5.92 Å². The Morgan fingerprint density at radius 3 is 2.33 bits per heavy atom. The van der Waals surface area contributed by atoms with Crippen molar-refractivity contribution in [2.75, 3.05) is 20.1 Å². The minimum absolute atomic E-state index is 0.134. The van der Waals surface area contributed by atoms with Crippen molar-refractivity contribution in [1.29, 1.82) is 0 Å². The first-order valence-corrected chi connectivity index (χ1v) is 5.90. The number of likely N-dealkylation sites (N-methyl/N-ethyl adjacent to an activating group) is 1. The average Bonchev–Trinajstić information content (AvgIpc) is 2.12. The van der Waals surface area contributed by atoms with Gasteiger partial charge in [0.25, 0.3) is 0 Å². The average molecular weight is 214 g/mol. The fourth-order valence-corrected chi connectivity index (χ4v) is 1.20. The Morgan fingerprint density at radius 2 is 1.87 bits per heavy atom. The summed E-state index contributed by atoms with van der Waals surface area (Å²) < 4.78 is 0. The fourth-order valence-electron chi connectivity index (χ4n) is 1.20. The van der Waals surface area contributed by atoms with Gasteiger partial charge in [-0.25, -0.2) is 0 Å². The fraction of sp³-hybridized carbons (Fsp3) is 0.917. The van der Waals surface area contributed by atoms with Crippen LogP contribution in [0.1, 0.15) is 40.5 Å². The highest BCUT2D eigenvalue weighted by atomic mass is 16.2. The lowest BCUT2D eigenvalue weighted by Crippen LogP contribution is -2.38. The molecule has 0 rings (SSSR count). The van der Waals surface area contributed by atoms with Gasteiger partial charge in [0.05, 0.1) is 6.54 Å². The van der Waals surface area contributed by atoms with E-state index in [9.17, 15) is 4.79 Å². The van der Waals surface area contributed by atoms with E-state index in [0.29, 0.717) is 12.6 Å². The zero-order chi connectivity index (χ0) is 11.8. The molecule has 0 atom stereocenters. The van der Waals surface area contributed by atoms with Gasteiger partial charge in [0.15, 0.2) is 0 Å². The first kappa shape index (κ1) is 14.4. The molecule has 1 N–H and O–H groups in total. The van der Waals surface area contributed by atoms with Crippen molar-refractivity contribution >= 4 is 5.91 Å². The van der Waals surface area contributed by atoms with Gasteiger partial charge in [-0.05, 0) is 39.7 Å². The monoisotopic (exact) mass is 214 g/mol. The molecule has 0 aliphatic heterocycles. The smallest absolute Gasteiger partial charge is 0.234 e.